The zero-order chi connectivity index (χ0) is 20.7. The molecule has 0 bridgehead atoms. The number of aryl methyl sites for hydroxylation is 1. The van der Waals surface area contributed by atoms with Crippen molar-refractivity contribution < 1.29 is 9.90 Å². The molecular weight excluding hydrogens is 445 g/mol. The standard InChI is InChI=1S/C25H27N3O2.2ClH/c1-15-6-8-16(9-7-15)22-12-20(19-4-2-3-5-21(19)27-22)25(30)28-23-10-17-13-26-14-18(17)11-24(23)29;;/h2-9,12,17-18,23-24,26,29H,10-11,13-14H2,1H3,(H,28,30);2*1H/t17-,18+,23-,24-;;/m0../s1. The number of pyridine rings is 1. The van der Waals surface area contributed by atoms with Gasteiger partial charge in [0.25, 0.3) is 5.91 Å². The highest BCUT2D eigenvalue weighted by molar-refractivity contribution is 6.07. The largest absolute Gasteiger partial charge is 0.391 e. The first-order chi connectivity index (χ1) is 14.6. The van der Waals surface area contributed by atoms with Crippen LogP contribution in [0.5, 0.6) is 0 Å². The molecule has 1 aliphatic heterocycles. The summed E-state index contributed by atoms with van der Waals surface area (Å²) >= 11 is 0. The van der Waals surface area contributed by atoms with Crippen LogP contribution in [-0.4, -0.2) is 41.2 Å². The number of aliphatic hydroxyl groups is 1. The molecule has 4 atom stereocenters. The first-order valence-corrected chi connectivity index (χ1v) is 10.7. The van der Waals surface area contributed by atoms with Gasteiger partial charge in [-0.1, -0.05) is 48.0 Å². The van der Waals surface area contributed by atoms with E-state index in [9.17, 15) is 9.90 Å². The van der Waals surface area contributed by atoms with Gasteiger partial charge in [0.2, 0.25) is 0 Å². The number of nitrogens with one attached hydrogen (secondary N) is 2. The Hall–Kier alpha value is -2.18. The van der Waals surface area contributed by atoms with Crippen LogP contribution >= 0.6 is 24.8 Å². The third-order valence-electron chi connectivity index (χ3n) is 6.67. The summed E-state index contributed by atoms with van der Waals surface area (Å²) in [6, 6.07) is 17.6. The van der Waals surface area contributed by atoms with Crippen molar-refractivity contribution in [2.24, 2.45) is 11.8 Å². The summed E-state index contributed by atoms with van der Waals surface area (Å²) in [5, 5.41) is 18.0. The van der Waals surface area contributed by atoms with Gasteiger partial charge >= 0.3 is 0 Å². The lowest BCUT2D eigenvalue weighted by atomic mass is 9.77. The minimum atomic E-state index is -0.500. The van der Waals surface area contributed by atoms with Crippen molar-refractivity contribution in [1.29, 1.82) is 0 Å². The average molecular weight is 474 g/mol. The Kier molecular flexibility index (Phi) is 7.78. The number of carbonyl (C=O) groups excluding carboxylic acids is 1. The van der Waals surface area contributed by atoms with Crippen LogP contribution in [0.2, 0.25) is 0 Å². The Labute approximate surface area is 200 Å². The zero-order valence-corrected chi connectivity index (χ0v) is 19.6. The summed E-state index contributed by atoms with van der Waals surface area (Å²) in [5.74, 6) is 0.898. The number of nitrogens with zero attached hydrogens (tertiary/aromatic N) is 1. The lowest BCUT2D eigenvalue weighted by molar-refractivity contribution is 0.0462. The molecule has 5 nitrogen and oxygen atoms in total. The predicted molar refractivity (Wildman–Crippen MR) is 133 cm³/mol. The third kappa shape index (κ3) is 4.76. The fraction of sp³-hybridized carbons (Fsp3) is 0.360. The fourth-order valence-electron chi connectivity index (χ4n) is 4.93. The quantitative estimate of drug-likeness (QED) is 0.534. The van der Waals surface area contributed by atoms with Gasteiger partial charge < -0.3 is 15.7 Å². The molecule has 1 saturated carbocycles. The maximum Gasteiger partial charge on any atom is 0.252 e. The number of aromatic nitrogens is 1. The van der Waals surface area contributed by atoms with Crippen molar-refractivity contribution in [3.8, 4) is 11.3 Å². The summed E-state index contributed by atoms with van der Waals surface area (Å²) in [7, 11) is 0. The number of fused-ring (bicyclic) bond motifs is 2. The zero-order valence-electron chi connectivity index (χ0n) is 18.0. The van der Waals surface area contributed by atoms with Gasteiger partial charge in [0, 0.05) is 10.9 Å². The van der Waals surface area contributed by atoms with E-state index >= 15 is 0 Å². The molecule has 0 spiro atoms. The Balaban J connectivity index is 0.00000144. The normalized spacial score (nSPS) is 24.2. The number of rotatable bonds is 3. The van der Waals surface area contributed by atoms with Gasteiger partial charge in [-0.15, -0.1) is 24.8 Å². The van der Waals surface area contributed by atoms with Crippen LogP contribution in [0.4, 0.5) is 0 Å². The van der Waals surface area contributed by atoms with E-state index < -0.39 is 6.10 Å². The van der Waals surface area contributed by atoms with E-state index in [0.717, 1.165) is 48.1 Å². The Bertz CT molecular complexity index is 1090. The topological polar surface area (TPSA) is 74.2 Å². The fourth-order valence-corrected chi connectivity index (χ4v) is 4.93. The molecule has 2 fully saturated rings. The summed E-state index contributed by atoms with van der Waals surface area (Å²) in [5.41, 5.74) is 4.35. The molecule has 2 aliphatic rings. The van der Waals surface area contributed by atoms with Crippen molar-refractivity contribution in [2.75, 3.05) is 13.1 Å². The van der Waals surface area contributed by atoms with E-state index in [2.05, 4.69) is 29.7 Å². The molecule has 7 heteroatoms. The van der Waals surface area contributed by atoms with Crippen LogP contribution < -0.4 is 10.6 Å². The molecule has 3 N–H and O–H groups in total. The second-order valence-electron chi connectivity index (χ2n) is 8.74. The van der Waals surface area contributed by atoms with Crippen LogP contribution in [0.15, 0.2) is 54.6 Å². The number of hydrogen-bond acceptors (Lipinski definition) is 4. The molecule has 1 amide bonds. The smallest absolute Gasteiger partial charge is 0.252 e. The number of carbonyl (C=O) groups is 1. The van der Waals surface area contributed by atoms with E-state index in [0.29, 0.717) is 17.4 Å². The van der Waals surface area contributed by atoms with Crippen LogP contribution in [0.3, 0.4) is 0 Å². The number of aliphatic hydroxyl groups excluding tert-OH is 1. The van der Waals surface area contributed by atoms with Gasteiger partial charge in [-0.3, -0.25) is 4.79 Å². The van der Waals surface area contributed by atoms with Crippen LogP contribution in [0.1, 0.15) is 28.8 Å². The van der Waals surface area contributed by atoms with Crippen molar-refractivity contribution in [1.82, 2.24) is 15.6 Å². The molecule has 2 aromatic carbocycles. The Morgan fingerprint density at radius 3 is 2.47 bits per heavy atom. The molecule has 0 unspecified atom stereocenters. The molecule has 32 heavy (non-hydrogen) atoms. The van der Waals surface area contributed by atoms with Crippen molar-refractivity contribution in [2.45, 2.75) is 31.9 Å². The molecule has 1 aromatic heterocycles. The average Bonchev–Trinajstić information content (AvgIpc) is 3.20. The van der Waals surface area contributed by atoms with E-state index in [1.165, 1.54) is 5.56 Å². The van der Waals surface area contributed by atoms with Crippen LogP contribution in [0, 0.1) is 18.8 Å². The minimum absolute atomic E-state index is 0. The van der Waals surface area contributed by atoms with Gasteiger partial charge in [-0.05, 0) is 56.8 Å². The molecule has 0 radical (unpaired) electrons. The highest BCUT2D eigenvalue weighted by Crippen LogP contribution is 2.33. The van der Waals surface area contributed by atoms with E-state index in [-0.39, 0.29) is 36.8 Å². The van der Waals surface area contributed by atoms with Crippen molar-refractivity contribution in [3.05, 3.63) is 65.7 Å². The van der Waals surface area contributed by atoms with Gasteiger partial charge in [-0.2, -0.15) is 0 Å². The lowest BCUT2D eigenvalue weighted by Crippen LogP contribution is -2.49. The summed E-state index contributed by atoms with van der Waals surface area (Å²) in [6.45, 7) is 3.99. The summed E-state index contributed by atoms with van der Waals surface area (Å²) in [4.78, 5) is 18.1. The second-order valence-corrected chi connectivity index (χ2v) is 8.74. The van der Waals surface area contributed by atoms with E-state index in [1.807, 2.05) is 42.5 Å². The van der Waals surface area contributed by atoms with Crippen LogP contribution in [-0.2, 0) is 0 Å². The van der Waals surface area contributed by atoms with Gasteiger partial charge in [-0.25, -0.2) is 4.98 Å². The number of para-hydroxylation sites is 1. The molecular formula is C25H29Cl2N3O2. The van der Waals surface area contributed by atoms with Crippen LogP contribution in [0.25, 0.3) is 22.2 Å². The monoisotopic (exact) mass is 473 g/mol. The summed E-state index contributed by atoms with van der Waals surface area (Å²) in [6.07, 6.45) is 1.06. The third-order valence-corrected chi connectivity index (χ3v) is 6.67. The number of benzene rings is 2. The van der Waals surface area contributed by atoms with Gasteiger partial charge in [0.1, 0.15) is 0 Å². The number of halogens is 2. The first kappa shape index (κ1) is 24.5. The van der Waals surface area contributed by atoms with E-state index in [1.54, 1.807) is 0 Å². The minimum Gasteiger partial charge on any atom is -0.391 e. The molecule has 1 saturated heterocycles. The molecule has 5 rings (SSSR count). The molecule has 1 aliphatic carbocycles. The Morgan fingerprint density at radius 1 is 1.03 bits per heavy atom. The van der Waals surface area contributed by atoms with E-state index in [4.69, 9.17) is 4.98 Å². The van der Waals surface area contributed by atoms with Crippen molar-refractivity contribution >= 4 is 41.6 Å². The molecule has 170 valence electrons. The van der Waals surface area contributed by atoms with Crippen molar-refractivity contribution in [3.63, 3.8) is 0 Å². The molecule has 2 heterocycles. The second kappa shape index (κ2) is 10.2. The van der Waals surface area contributed by atoms with Gasteiger partial charge in [0.05, 0.1) is 28.9 Å². The SMILES string of the molecule is Cc1ccc(-c2cc(C(=O)N[C@H]3C[C@H]4CNC[C@H]4C[C@@H]3O)c3ccccc3n2)cc1.Cl.Cl. The Morgan fingerprint density at radius 2 is 1.72 bits per heavy atom. The van der Waals surface area contributed by atoms with Gasteiger partial charge in [0.15, 0.2) is 0 Å². The molecule has 3 aromatic rings. The maximum absolute atomic E-state index is 13.3. The number of amides is 1. The number of hydrogen-bond donors (Lipinski definition) is 3. The first-order valence-electron chi connectivity index (χ1n) is 10.7. The lowest BCUT2D eigenvalue weighted by Gasteiger charge is -2.35. The summed E-state index contributed by atoms with van der Waals surface area (Å²) < 4.78 is 0. The maximum atomic E-state index is 13.3. The highest BCUT2D eigenvalue weighted by atomic mass is 35.5. The predicted octanol–water partition coefficient (Wildman–Crippen LogP) is 4.14. The highest BCUT2D eigenvalue weighted by Gasteiger charge is 2.39.